The summed E-state index contributed by atoms with van der Waals surface area (Å²) in [5.74, 6) is -0.0302. The van der Waals surface area contributed by atoms with Crippen LogP contribution in [0, 0.1) is 5.92 Å². The average Bonchev–Trinajstić information content (AvgIpc) is 2.72. The lowest BCUT2D eigenvalue weighted by atomic mass is 9.94. The molecule has 0 bridgehead atoms. The summed E-state index contributed by atoms with van der Waals surface area (Å²) in [7, 11) is 0. The number of hydrogen-bond acceptors (Lipinski definition) is 3. The van der Waals surface area contributed by atoms with Crippen LogP contribution in [0.2, 0.25) is 0 Å². The van der Waals surface area contributed by atoms with Gasteiger partial charge in [0.05, 0.1) is 5.92 Å². The fourth-order valence-electron chi connectivity index (χ4n) is 3.53. The summed E-state index contributed by atoms with van der Waals surface area (Å²) < 4.78 is 0. The zero-order valence-electron chi connectivity index (χ0n) is 15.6. The van der Waals surface area contributed by atoms with Crippen molar-refractivity contribution < 1.29 is 4.79 Å². The zero-order valence-corrected chi connectivity index (χ0v) is 15.6. The summed E-state index contributed by atoms with van der Waals surface area (Å²) in [5.41, 5.74) is 8.72. The third-order valence-electron chi connectivity index (χ3n) is 5.36. The van der Waals surface area contributed by atoms with Crippen molar-refractivity contribution in [3.63, 3.8) is 0 Å². The fraction of sp³-hybridized carbons (Fsp3) is 0.409. The van der Waals surface area contributed by atoms with E-state index in [1.807, 2.05) is 42.2 Å². The van der Waals surface area contributed by atoms with Gasteiger partial charge in [-0.25, -0.2) is 0 Å². The van der Waals surface area contributed by atoms with E-state index in [0.29, 0.717) is 0 Å². The Balaban J connectivity index is 1.47. The molecule has 4 heteroatoms. The van der Waals surface area contributed by atoms with Crippen molar-refractivity contribution in [1.29, 1.82) is 0 Å². The van der Waals surface area contributed by atoms with Gasteiger partial charge in [0.2, 0.25) is 5.91 Å². The van der Waals surface area contributed by atoms with Crippen LogP contribution in [0.1, 0.15) is 24.1 Å². The predicted molar refractivity (Wildman–Crippen MR) is 106 cm³/mol. The minimum absolute atomic E-state index is 0.170. The summed E-state index contributed by atoms with van der Waals surface area (Å²) in [5, 5.41) is 0. The molecule has 4 nitrogen and oxygen atoms in total. The number of hydrogen-bond donors (Lipinski definition) is 1. The topological polar surface area (TPSA) is 49.6 Å². The monoisotopic (exact) mass is 351 g/mol. The Morgan fingerprint density at radius 3 is 2.15 bits per heavy atom. The minimum Gasteiger partial charge on any atom is -0.340 e. The van der Waals surface area contributed by atoms with Gasteiger partial charge in [-0.15, -0.1) is 0 Å². The first kappa shape index (κ1) is 18.6. The van der Waals surface area contributed by atoms with E-state index in [-0.39, 0.29) is 17.9 Å². The van der Waals surface area contributed by atoms with Gasteiger partial charge in [-0.1, -0.05) is 67.6 Å². The van der Waals surface area contributed by atoms with Crippen molar-refractivity contribution in [3.05, 3.63) is 71.8 Å². The van der Waals surface area contributed by atoms with Crippen LogP contribution < -0.4 is 5.73 Å². The van der Waals surface area contributed by atoms with Crippen LogP contribution in [0.15, 0.2) is 60.7 Å². The molecule has 0 spiro atoms. The maximum atomic E-state index is 12.8. The van der Waals surface area contributed by atoms with Crippen LogP contribution in [0.4, 0.5) is 0 Å². The normalized spacial score (nSPS) is 17.7. The van der Waals surface area contributed by atoms with Gasteiger partial charge in [0, 0.05) is 38.8 Å². The largest absolute Gasteiger partial charge is 0.340 e. The summed E-state index contributed by atoms with van der Waals surface area (Å²) >= 11 is 0. The second-order valence-corrected chi connectivity index (χ2v) is 7.13. The molecule has 0 radical (unpaired) electrons. The Morgan fingerprint density at radius 1 is 0.962 bits per heavy atom. The molecule has 1 saturated heterocycles. The zero-order chi connectivity index (χ0) is 18.4. The van der Waals surface area contributed by atoms with E-state index < -0.39 is 0 Å². The molecule has 2 unspecified atom stereocenters. The lowest BCUT2D eigenvalue weighted by Gasteiger charge is -2.36. The van der Waals surface area contributed by atoms with Crippen LogP contribution in [0.3, 0.4) is 0 Å². The van der Waals surface area contributed by atoms with Crippen LogP contribution in [-0.2, 0) is 11.2 Å². The van der Waals surface area contributed by atoms with E-state index in [2.05, 4.69) is 35.2 Å². The van der Waals surface area contributed by atoms with Crippen LogP contribution in [0.5, 0.6) is 0 Å². The third-order valence-corrected chi connectivity index (χ3v) is 5.36. The molecule has 0 aromatic heterocycles. The van der Waals surface area contributed by atoms with Gasteiger partial charge < -0.3 is 10.6 Å². The van der Waals surface area contributed by atoms with E-state index in [1.165, 1.54) is 5.56 Å². The van der Waals surface area contributed by atoms with Gasteiger partial charge in [-0.3, -0.25) is 9.69 Å². The van der Waals surface area contributed by atoms with Gasteiger partial charge in [-0.05, 0) is 17.5 Å². The molecule has 3 rings (SSSR count). The Kier molecular flexibility index (Phi) is 6.42. The van der Waals surface area contributed by atoms with Gasteiger partial charge in [0.15, 0.2) is 0 Å². The number of benzene rings is 2. The fourth-order valence-corrected chi connectivity index (χ4v) is 3.53. The van der Waals surface area contributed by atoms with Gasteiger partial charge in [0.1, 0.15) is 0 Å². The van der Waals surface area contributed by atoms with Crippen molar-refractivity contribution in [2.45, 2.75) is 19.4 Å². The van der Waals surface area contributed by atoms with Crippen molar-refractivity contribution in [1.82, 2.24) is 9.80 Å². The highest BCUT2D eigenvalue weighted by Gasteiger charge is 2.28. The number of nitrogens with two attached hydrogens (primary N) is 1. The predicted octanol–water partition coefficient (Wildman–Crippen LogP) is 2.71. The quantitative estimate of drug-likeness (QED) is 0.870. The molecule has 1 fully saturated rings. The Morgan fingerprint density at radius 2 is 1.54 bits per heavy atom. The molecule has 138 valence electrons. The lowest BCUT2D eigenvalue weighted by Crippen LogP contribution is -2.51. The van der Waals surface area contributed by atoms with E-state index in [1.54, 1.807) is 0 Å². The summed E-state index contributed by atoms with van der Waals surface area (Å²) in [6.07, 6.45) is 1.06. The van der Waals surface area contributed by atoms with E-state index in [0.717, 1.165) is 44.7 Å². The van der Waals surface area contributed by atoms with Crippen LogP contribution in [-0.4, -0.2) is 48.4 Å². The van der Waals surface area contributed by atoms with E-state index in [4.69, 9.17) is 5.73 Å². The summed E-state index contributed by atoms with van der Waals surface area (Å²) in [6.45, 7) is 6.45. The van der Waals surface area contributed by atoms with Crippen molar-refractivity contribution in [2.75, 3.05) is 32.7 Å². The van der Waals surface area contributed by atoms with Gasteiger partial charge >= 0.3 is 0 Å². The highest BCUT2D eigenvalue weighted by molar-refractivity contribution is 5.79. The third kappa shape index (κ3) is 4.71. The molecule has 2 N–H and O–H groups in total. The van der Waals surface area contributed by atoms with Crippen molar-refractivity contribution in [2.24, 2.45) is 11.7 Å². The molecule has 1 aliphatic rings. The molecule has 26 heavy (non-hydrogen) atoms. The Hall–Kier alpha value is -2.17. The molecular formula is C22H29N3O. The first-order chi connectivity index (χ1) is 12.6. The maximum Gasteiger partial charge on any atom is 0.227 e. The number of amides is 1. The summed E-state index contributed by atoms with van der Waals surface area (Å²) in [4.78, 5) is 17.2. The second-order valence-electron chi connectivity index (χ2n) is 7.13. The molecule has 1 aliphatic heterocycles. The number of carbonyl (C=O) groups excluding carboxylic acids is 1. The Labute approximate surface area is 156 Å². The number of carbonyl (C=O) groups is 1. The van der Waals surface area contributed by atoms with Gasteiger partial charge in [0.25, 0.3) is 0 Å². The molecule has 0 saturated carbocycles. The van der Waals surface area contributed by atoms with Gasteiger partial charge in [-0.2, -0.15) is 0 Å². The molecule has 0 aliphatic carbocycles. The van der Waals surface area contributed by atoms with E-state index in [9.17, 15) is 4.79 Å². The molecule has 2 aromatic carbocycles. The van der Waals surface area contributed by atoms with Crippen LogP contribution >= 0.6 is 0 Å². The Bertz CT molecular complexity index is 681. The first-order valence-electron chi connectivity index (χ1n) is 9.51. The smallest absolute Gasteiger partial charge is 0.227 e. The molecule has 2 aromatic rings. The van der Waals surface area contributed by atoms with Crippen molar-refractivity contribution >= 4 is 5.91 Å². The minimum atomic E-state index is -0.250. The lowest BCUT2D eigenvalue weighted by molar-refractivity contribution is -0.137. The highest BCUT2D eigenvalue weighted by atomic mass is 16.2. The molecule has 1 amide bonds. The van der Waals surface area contributed by atoms with Crippen molar-refractivity contribution in [3.8, 4) is 0 Å². The number of nitrogens with zero attached hydrogens (tertiary/aromatic N) is 2. The first-order valence-corrected chi connectivity index (χ1v) is 9.51. The number of piperazine rings is 1. The average molecular weight is 351 g/mol. The molecule has 2 atom stereocenters. The van der Waals surface area contributed by atoms with Crippen LogP contribution in [0.25, 0.3) is 0 Å². The highest BCUT2D eigenvalue weighted by Crippen LogP contribution is 2.21. The SMILES string of the molecule is CC(C(=O)N1CCN(CCc2ccccc2)CC1)C(N)c1ccccc1. The molecule has 1 heterocycles. The number of rotatable bonds is 6. The maximum absolute atomic E-state index is 12.8. The summed E-state index contributed by atoms with van der Waals surface area (Å²) in [6, 6.07) is 20.2. The molecular weight excluding hydrogens is 322 g/mol. The second kappa shape index (κ2) is 8.97. The van der Waals surface area contributed by atoms with E-state index >= 15 is 0 Å². The standard InChI is InChI=1S/C22H29N3O/c1-18(21(23)20-10-6-3-7-11-20)22(26)25-16-14-24(15-17-25)13-12-19-8-4-2-5-9-19/h2-11,18,21H,12-17,23H2,1H3.